The van der Waals surface area contributed by atoms with E-state index in [-0.39, 0.29) is 35.7 Å². The van der Waals surface area contributed by atoms with E-state index >= 15 is 0 Å². The predicted molar refractivity (Wildman–Crippen MR) is 111 cm³/mol. The summed E-state index contributed by atoms with van der Waals surface area (Å²) in [5.41, 5.74) is 1.79. The Morgan fingerprint density at radius 3 is 2.82 bits per heavy atom. The molecule has 1 aliphatic heterocycles. The van der Waals surface area contributed by atoms with Gasteiger partial charge in [0.05, 0.1) is 31.4 Å². The molecule has 34 heavy (non-hydrogen) atoms. The molecule has 0 radical (unpaired) electrons. The van der Waals surface area contributed by atoms with E-state index in [1.54, 1.807) is 28.6 Å². The number of aromatic nitrogens is 8. The Morgan fingerprint density at radius 2 is 2.15 bits per heavy atom. The van der Waals surface area contributed by atoms with Crippen LogP contribution in [-0.4, -0.2) is 70.0 Å². The summed E-state index contributed by atoms with van der Waals surface area (Å²) in [6.07, 6.45) is 2.55. The molecule has 1 saturated heterocycles. The molecule has 0 aliphatic carbocycles. The highest BCUT2D eigenvalue weighted by Gasteiger charge is 2.36. The maximum atomic E-state index is 13.0. The molecule has 5 heterocycles. The van der Waals surface area contributed by atoms with Crippen molar-refractivity contribution in [1.29, 1.82) is 0 Å². The molecule has 0 saturated carbocycles. The Hall–Kier alpha value is -3.81. The Morgan fingerprint density at radius 1 is 1.29 bits per heavy atom. The second-order valence-corrected chi connectivity index (χ2v) is 8.05. The second-order valence-electron chi connectivity index (χ2n) is 8.05. The molecule has 0 spiro atoms. The average molecular weight is 475 g/mol. The summed E-state index contributed by atoms with van der Waals surface area (Å²) in [5, 5.41) is 5.62. The lowest BCUT2D eigenvalue weighted by molar-refractivity contribution is -0.144. The van der Waals surface area contributed by atoms with Crippen LogP contribution in [0.15, 0.2) is 24.9 Å². The Bertz CT molecular complexity index is 1310. The van der Waals surface area contributed by atoms with Crippen molar-refractivity contribution < 1.29 is 22.7 Å². The largest absolute Gasteiger partial charge is 0.451 e. The minimum atomic E-state index is -4.66. The number of amides is 1. The van der Waals surface area contributed by atoms with E-state index in [9.17, 15) is 18.0 Å². The van der Waals surface area contributed by atoms with Crippen molar-refractivity contribution in [3.05, 3.63) is 36.3 Å². The third-order valence-electron chi connectivity index (χ3n) is 5.61. The van der Waals surface area contributed by atoms with Gasteiger partial charge in [0.15, 0.2) is 0 Å². The van der Waals surface area contributed by atoms with Crippen LogP contribution in [0, 0.1) is 5.92 Å². The fourth-order valence-corrected chi connectivity index (χ4v) is 3.94. The van der Waals surface area contributed by atoms with Crippen molar-refractivity contribution >= 4 is 11.7 Å². The number of hydrogen-bond donors (Lipinski definition) is 2. The van der Waals surface area contributed by atoms with Gasteiger partial charge in [-0.2, -0.15) is 18.3 Å². The van der Waals surface area contributed by atoms with E-state index in [1.165, 1.54) is 12.5 Å². The zero-order valence-electron chi connectivity index (χ0n) is 18.0. The van der Waals surface area contributed by atoms with Crippen molar-refractivity contribution in [2.75, 3.05) is 19.7 Å². The number of fused-ring (bicyclic) bond motifs is 1. The number of imidazole rings is 2. The normalized spacial score (nSPS) is 16.6. The quantitative estimate of drug-likeness (QED) is 0.438. The van der Waals surface area contributed by atoms with Crippen LogP contribution in [0.2, 0.25) is 0 Å². The molecule has 1 amide bonds. The van der Waals surface area contributed by atoms with Crippen LogP contribution in [-0.2, 0) is 22.3 Å². The fourth-order valence-electron chi connectivity index (χ4n) is 3.94. The smallest absolute Gasteiger partial charge is 0.376 e. The maximum Gasteiger partial charge on any atom is 0.451 e. The summed E-state index contributed by atoms with van der Waals surface area (Å²) in [5.74, 6) is -0.832. The summed E-state index contributed by atoms with van der Waals surface area (Å²) in [7, 11) is 0. The van der Waals surface area contributed by atoms with Crippen LogP contribution < -0.4 is 0 Å². The molecule has 1 atom stereocenters. The van der Waals surface area contributed by atoms with Crippen molar-refractivity contribution in [2.24, 2.45) is 5.92 Å². The molecule has 178 valence electrons. The van der Waals surface area contributed by atoms with Crippen LogP contribution in [0.5, 0.6) is 0 Å². The third kappa shape index (κ3) is 4.23. The summed E-state index contributed by atoms with van der Waals surface area (Å²) < 4.78 is 46.5. The van der Waals surface area contributed by atoms with Crippen molar-refractivity contribution in [3.63, 3.8) is 0 Å². The molecule has 1 fully saturated rings. The van der Waals surface area contributed by atoms with Crippen molar-refractivity contribution in [2.45, 2.75) is 26.1 Å². The van der Waals surface area contributed by atoms with Gasteiger partial charge in [0.25, 0.3) is 0 Å². The fraction of sp³-hybridized carbons (Fsp3) is 0.400. The first-order valence-electron chi connectivity index (χ1n) is 10.5. The van der Waals surface area contributed by atoms with Gasteiger partial charge >= 0.3 is 6.18 Å². The van der Waals surface area contributed by atoms with Gasteiger partial charge in [0.2, 0.25) is 23.3 Å². The van der Waals surface area contributed by atoms with Gasteiger partial charge in [-0.1, -0.05) is 0 Å². The SMILES string of the molecule is CC(=O)N1CCC(COCc2cnc3nc(-c4n[nH]c(C(F)(F)F)n4)c(-c4cnc[nH]4)n3c2)C1. The number of nitrogens with zero attached hydrogens (tertiary/aromatic N) is 7. The third-order valence-corrected chi connectivity index (χ3v) is 5.61. The second kappa shape index (κ2) is 8.52. The molecule has 5 rings (SSSR count). The lowest BCUT2D eigenvalue weighted by atomic mass is 10.1. The average Bonchev–Trinajstić information content (AvgIpc) is 3.58. The van der Waals surface area contributed by atoms with Gasteiger partial charge in [-0.05, 0) is 6.42 Å². The Balaban J connectivity index is 1.41. The van der Waals surface area contributed by atoms with E-state index in [1.807, 2.05) is 5.10 Å². The summed E-state index contributed by atoms with van der Waals surface area (Å²) in [6.45, 7) is 3.75. The van der Waals surface area contributed by atoms with Gasteiger partial charge in [-0.3, -0.25) is 14.3 Å². The highest BCUT2D eigenvalue weighted by atomic mass is 19.4. The van der Waals surface area contributed by atoms with Crippen LogP contribution in [0.4, 0.5) is 13.2 Å². The number of rotatable bonds is 6. The van der Waals surface area contributed by atoms with Gasteiger partial charge in [-0.15, -0.1) is 0 Å². The lowest BCUT2D eigenvalue weighted by Crippen LogP contribution is -2.26. The highest BCUT2D eigenvalue weighted by Crippen LogP contribution is 2.32. The Labute approximate surface area is 190 Å². The molecular formula is C20H20F3N9O2. The first-order chi connectivity index (χ1) is 16.3. The number of nitrogens with one attached hydrogen (secondary N) is 2. The van der Waals surface area contributed by atoms with Gasteiger partial charge in [-0.25, -0.2) is 19.9 Å². The number of alkyl halides is 3. The summed E-state index contributed by atoms with van der Waals surface area (Å²) >= 11 is 0. The minimum Gasteiger partial charge on any atom is -0.376 e. The van der Waals surface area contributed by atoms with Gasteiger partial charge in [0, 0.05) is 43.9 Å². The van der Waals surface area contributed by atoms with Crippen molar-refractivity contribution in [1.82, 2.24) is 44.4 Å². The molecule has 0 aromatic carbocycles. The molecular weight excluding hydrogens is 455 g/mol. The predicted octanol–water partition coefficient (Wildman–Crippen LogP) is 2.31. The molecule has 4 aromatic heterocycles. The molecule has 4 aromatic rings. The zero-order valence-corrected chi connectivity index (χ0v) is 18.0. The van der Waals surface area contributed by atoms with Crippen LogP contribution in [0.1, 0.15) is 24.7 Å². The highest BCUT2D eigenvalue weighted by molar-refractivity contribution is 5.76. The van der Waals surface area contributed by atoms with E-state index in [0.717, 1.165) is 18.5 Å². The standard InChI is InChI=1S/C20H20F3N9O2/c1-11(33)31-3-2-12(6-31)8-34-9-13-4-25-19-27-15(17-28-18(30-29-17)20(21,22)23)16(32(19)7-13)14-5-24-10-26-14/h4-5,7,10,12H,2-3,6,8-9H2,1H3,(H,24,26)(H,28,29,30). The summed E-state index contributed by atoms with van der Waals surface area (Å²) in [6, 6.07) is 0. The number of aromatic amines is 2. The number of hydrogen-bond acceptors (Lipinski definition) is 7. The molecule has 0 bridgehead atoms. The van der Waals surface area contributed by atoms with Gasteiger partial charge in [0.1, 0.15) is 11.4 Å². The maximum absolute atomic E-state index is 13.0. The molecule has 1 aliphatic rings. The van der Waals surface area contributed by atoms with E-state index in [4.69, 9.17) is 4.74 Å². The molecule has 1 unspecified atom stereocenters. The van der Waals surface area contributed by atoms with Crippen LogP contribution in [0.3, 0.4) is 0 Å². The van der Waals surface area contributed by atoms with Gasteiger partial charge < -0.3 is 14.6 Å². The van der Waals surface area contributed by atoms with Crippen LogP contribution in [0.25, 0.3) is 28.7 Å². The van der Waals surface area contributed by atoms with E-state index < -0.39 is 12.0 Å². The number of ether oxygens (including phenoxy) is 1. The first kappa shape index (κ1) is 22.0. The number of H-pyrrole nitrogens is 2. The zero-order chi connectivity index (χ0) is 23.9. The van der Waals surface area contributed by atoms with E-state index in [0.29, 0.717) is 24.5 Å². The number of likely N-dealkylation sites (tertiary alicyclic amines) is 1. The molecule has 14 heteroatoms. The topological polar surface area (TPSA) is 130 Å². The summed E-state index contributed by atoms with van der Waals surface area (Å²) in [4.78, 5) is 32.5. The van der Waals surface area contributed by atoms with Crippen molar-refractivity contribution in [3.8, 4) is 22.9 Å². The minimum absolute atomic E-state index is 0.0631. The molecule has 11 nitrogen and oxygen atoms in total. The first-order valence-corrected chi connectivity index (χ1v) is 10.5. The lowest BCUT2D eigenvalue weighted by Gasteiger charge is -2.14. The molecule has 2 N–H and O–H groups in total. The number of carbonyl (C=O) groups excluding carboxylic acids is 1. The monoisotopic (exact) mass is 475 g/mol. The van der Waals surface area contributed by atoms with Crippen LogP contribution >= 0.6 is 0 Å². The number of carbonyl (C=O) groups is 1. The Kier molecular flexibility index (Phi) is 5.51. The number of halogens is 3. The van der Waals surface area contributed by atoms with E-state index in [2.05, 4.69) is 30.0 Å².